The molecule has 0 aliphatic heterocycles. The van der Waals surface area contributed by atoms with Crippen LogP contribution in [-0.4, -0.2) is 46.3 Å². The molecule has 0 bridgehead atoms. The topological polar surface area (TPSA) is 127 Å². The molecule has 0 aromatic heterocycles. The van der Waals surface area contributed by atoms with Crippen molar-refractivity contribution in [3.63, 3.8) is 0 Å². The summed E-state index contributed by atoms with van der Waals surface area (Å²) in [6.07, 6.45) is -4.91. The Morgan fingerprint density at radius 1 is 0.643 bits per heavy atom. The van der Waals surface area contributed by atoms with Crippen molar-refractivity contribution in [2.45, 2.75) is 12.2 Å². The van der Waals surface area contributed by atoms with Gasteiger partial charge in [0.15, 0.2) is 12.2 Å². The number of carbonyl (C=O) groups excluding carboxylic acids is 4. The summed E-state index contributed by atoms with van der Waals surface area (Å²) in [6.45, 7) is 0. The molecule has 28 heavy (non-hydrogen) atoms. The highest BCUT2D eigenvalue weighted by Crippen LogP contribution is 2.13. The van der Waals surface area contributed by atoms with E-state index in [1.165, 1.54) is 48.5 Å². The molecule has 2 atom stereocenters. The third-order valence-corrected chi connectivity index (χ3v) is 3.83. The molecule has 10 heteroatoms. The van der Waals surface area contributed by atoms with Crippen molar-refractivity contribution in [3.8, 4) is 0 Å². The second-order valence-electron chi connectivity index (χ2n) is 5.32. The summed E-state index contributed by atoms with van der Waals surface area (Å²) in [5, 5.41) is 20.1. The Balaban J connectivity index is 1.95. The lowest BCUT2D eigenvalue weighted by molar-refractivity contribution is -0.166. The van der Waals surface area contributed by atoms with Gasteiger partial charge in [-0.15, -0.1) is 0 Å². The molecular formula is C18H12Cl2O8. The predicted molar refractivity (Wildman–Crippen MR) is 95.8 cm³/mol. The SMILES string of the molecule is O=C(OC(=O)[C@H](O)[C@@H](O)C(=O)OC(=O)c1ccc(Cl)cc1)c1ccc(Cl)cc1. The fourth-order valence-electron chi connectivity index (χ4n) is 1.85. The molecule has 0 radical (unpaired) electrons. The molecule has 0 unspecified atom stereocenters. The number of esters is 4. The van der Waals surface area contributed by atoms with E-state index < -0.39 is 36.1 Å². The summed E-state index contributed by atoms with van der Waals surface area (Å²) in [6, 6.07) is 10.5. The van der Waals surface area contributed by atoms with Crippen LogP contribution in [-0.2, 0) is 19.1 Å². The molecule has 0 saturated carbocycles. The van der Waals surface area contributed by atoms with E-state index in [9.17, 15) is 29.4 Å². The summed E-state index contributed by atoms with van der Waals surface area (Å²) in [5.41, 5.74) is -0.111. The van der Waals surface area contributed by atoms with Gasteiger partial charge in [-0.2, -0.15) is 0 Å². The van der Waals surface area contributed by atoms with E-state index in [0.717, 1.165) is 0 Å². The maximum absolute atomic E-state index is 11.8. The standard InChI is InChI=1S/C18H12Cl2O8/c19-11-5-1-9(2-6-11)15(23)27-17(25)13(21)14(22)18(26)28-16(24)10-3-7-12(20)8-4-10/h1-8,13-14,21-22H/t13-,14-/m1/s1. The molecule has 146 valence electrons. The minimum absolute atomic E-state index is 0.0556. The van der Waals surface area contributed by atoms with Gasteiger partial charge in [0.05, 0.1) is 11.1 Å². The van der Waals surface area contributed by atoms with Gasteiger partial charge in [0.2, 0.25) is 0 Å². The zero-order valence-electron chi connectivity index (χ0n) is 13.9. The molecule has 2 aromatic carbocycles. The summed E-state index contributed by atoms with van der Waals surface area (Å²) in [5.74, 6) is -5.50. The maximum atomic E-state index is 11.8. The lowest BCUT2D eigenvalue weighted by Gasteiger charge is -2.14. The number of aliphatic hydroxyl groups is 2. The van der Waals surface area contributed by atoms with Gasteiger partial charge in [-0.25, -0.2) is 19.2 Å². The number of aliphatic hydroxyl groups excluding tert-OH is 2. The predicted octanol–water partition coefficient (Wildman–Crippen LogP) is 1.78. The van der Waals surface area contributed by atoms with Gasteiger partial charge in [-0.1, -0.05) is 23.2 Å². The second-order valence-corrected chi connectivity index (χ2v) is 6.19. The number of carbonyl (C=O) groups is 4. The Hall–Kier alpha value is -2.78. The molecule has 0 aliphatic carbocycles. The van der Waals surface area contributed by atoms with E-state index in [1.807, 2.05) is 0 Å². The fourth-order valence-corrected chi connectivity index (χ4v) is 2.10. The van der Waals surface area contributed by atoms with Crippen LogP contribution in [0.3, 0.4) is 0 Å². The van der Waals surface area contributed by atoms with Crippen LogP contribution in [0.2, 0.25) is 10.0 Å². The van der Waals surface area contributed by atoms with Crippen molar-refractivity contribution >= 4 is 47.1 Å². The molecule has 2 rings (SSSR count). The van der Waals surface area contributed by atoms with Gasteiger partial charge < -0.3 is 19.7 Å². The lowest BCUT2D eigenvalue weighted by Crippen LogP contribution is -2.43. The van der Waals surface area contributed by atoms with Crippen LogP contribution in [0.1, 0.15) is 20.7 Å². The molecule has 2 N–H and O–H groups in total. The van der Waals surface area contributed by atoms with Crippen LogP contribution in [0.15, 0.2) is 48.5 Å². The first-order valence-electron chi connectivity index (χ1n) is 7.58. The van der Waals surface area contributed by atoms with E-state index in [-0.39, 0.29) is 11.1 Å². The van der Waals surface area contributed by atoms with Crippen molar-refractivity contribution in [1.29, 1.82) is 0 Å². The average molecular weight is 427 g/mol. The van der Waals surface area contributed by atoms with Crippen LogP contribution in [0.25, 0.3) is 0 Å². The Morgan fingerprint density at radius 3 is 1.21 bits per heavy atom. The normalized spacial score (nSPS) is 12.6. The maximum Gasteiger partial charge on any atom is 0.346 e. The van der Waals surface area contributed by atoms with Gasteiger partial charge in [0.25, 0.3) is 0 Å². The third kappa shape index (κ3) is 5.61. The number of rotatable bonds is 5. The van der Waals surface area contributed by atoms with Crippen LogP contribution >= 0.6 is 23.2 Å². The third-order valence-electron chi connectivity index (χ3n) is 3.33. The van der Waals surface area contributed by atoms with Gasteiger partial charge in [-0.3, -0.25) is 0 Å². The van der Waals surface area contributed by atoms with Crippen molar-refractivity contribution in [3.05, 3.63) is 69.7 Å². The van der Waals surface area contributed by atoms with Crippen molar-refractivity contribution in [2.75, 3.05) is 0 Å². The number of hydrogen-bond acceptors (Lipinski definition) is 8. The molecule has 2 aromatic rings. The highest BCUT2D eigenvalue weighted by Gasteiger charge is 2.35. The highest BCUT2D eigenvalue weighted by atomic mass is 35.5. The zero-order valence-corrected chi connectivity index (χ0v) is 15.4. The first-order valence-corrected chi connectivity index (χ1v) is 8.34. The molecule has 0 fully saturated rings. The van der Waals surface area contributed by atoms with Crippen molar-refractivity contribution < 1.29 is 38.9 Å². The minimum Gasteiger partial charge on any atom is -0.387 e. The number of hydrogen-bond donors (Lipinski definition) is 2. The molecule has 8 nitrogen and oxygen atoms in total. The molecular weight excluding hydrogens is 415 g/mol. The Bertz CT molecular complexity index is 817. The van der Waals surface area contributed by atoms with Gasteiger partial charge in [0.1, 0.15) is 0 Å². The smallest absolute Gasteiger partial charge is 0.346 e. The van der Waals surface area contributed by atoms with Crippen molar-refractivity contribution in [1.82, 2.24) is 0 Å². The van der Waals surface area contributed by atoms with Gasteiger partial charge >= 0.3 is 23.9 Å². The minimum atomic E-state index is -2.46. The van der Waals surface area contributed by atoms with Crippen LogP contribution in [0, 0.1) is 0 Å². The quantitative estimate of drug-likeness (QED) is 0.546. The van der Waals surface area contributed by atoms with E-state index in [0.29, 0.717) is 10.0 Å². The lowest BCUT2D eigenvalue weighted by atomic mass is 10.2. The number of halogens is 2. The Labute approximate surface area is 168 Å². The van der Waals surface area contributed by atoms with Crippen molar-refractivity contribution in [2.24, 2.45) is 0 Å². The summed E-state index contributed by atoms with van der Waals surface area (Å²) >= 11 is 11.3. The molecule has 0 saturated heterocycles. The highest BCUT2D eigenvalue weighted by molar-refractivity contribution is 6.31. The summed E-state index contributed by atoms with van der Waals surface area (Å²) in [7, 11) is 0. The zero-order chi connectivity index (χ0) is 20.8. The summed E-state index contributed by atoms with van der Waals surface area (Å²) < 4.78 is 8.75. The van der Waals surface area contributed by atoms with Crippen LogP contribution in [0.4, 0.5) is 0 Å². The van der Waals surface area contributed by atoms with E-state index in [1.54, 1.807) is 0 Å². The van der Waals surface area contributed by atoms with Gasteiger partial charge in [0, 0.05) is 10.0 Å². The van der Waals surface area contributed by atoms with E-state index >= 15 is 0 Å². The average Bonchev–Trinajstić information content (AvgIpc) is 2.67. The van der Waals surface area contributed by atoms with Crippen LogP contribution < -0.4 is 0 Å². The molecule has 0 aliphatic rings. The van der Waals surface area contributed by atoms with E-state index in [4.69, 9.17) is 23.2 Å². The first kappa shape index (κ1) is 21.5. The molecule has 0 heterocycles. The largest absolute Gasteiger partial charge is 0.387 e. The Morgan fingerprint density at radius 2 is 0.929 bits per heavy atom. The van der Waals surface area contributed by atoms with Crippen LogP contribution in [0.5, 0.6) is 0 Å². The summed E-state index contributed by atoms with van der Waals surface area (Å²) in [4.78, 5) is 47.1. The van der Waals surface area contributed by atoms with Gasteiger partial charge in [-0.05, 0) is 48.5 Å². The molecule has 0 amide bonds. The monoisotopic (exact) mass is 426 g/mol. The Kier molecular flexibility index (Phi) is 7.24. The fraction of sp³-hybridized carbons (Fsp3) is 0.111. The second kappa shape index (κ2) is 9.43. The molecule has 0 spiro atoms. The van der Waals surface area contributed by atoms with E-state index in [2.05, 4.69) is 9.47 Å². The number of benzene rings is 2. The first-order chi connectivity index (χ1) is 13.2. The number of ether oxygens (including phenoxy) is 2.